The molecule has 0 aromatic carbocycles. The summed E-state index contributed by atoms with van der Waals surface area (Å²) in [6.07, 6.45) is 3.95. The molecule has 0 rings (SSSR count). The molecule has 76 valence electrons. The first-order valence-electron chi connectivity index (χ1n) is 4.28. The van der Waals surface area contributed by atoms with Gasteiger partial charge in [0.15, 0.2) is 0 Å². The van der Waals surface area contributed by atoms with Crippen molar-refractivity contribution < 1.29 is 9.47 Å². The van der Waals surface area contributed by atoms with Crippen molar-refractivity contribution in [3.05, 3.63) is 23.5 Å². The van der Waals surface area contributed by atoms with Crippen molar-refractivity contribution in [3.8, 4) is 0 Å². The summed E-state index contributed by atoms with van der Waals surface area (Å²) in [5.41, 5.74) is 1.20. The molecule has 0 aromatic heterocycles. The average Bonchev–Trinajstić information content (AvgIpc) is 2.14. The van der Waals surface area contributed by atoms with Gasteiger partial charge < -0.3 is 14.8 Å². The van der Waals surface area contributed by atoms with Gasteiger partial charge in [-0.3, -0.25) is 0 Å². The van der Waals surface area contributed by atoms with Gasteiger partial charge in [-0.15, -0.1) is 0 Å². The molecule has 3 nitrogen and oxygen atoms in total. The van der Waals surface area contributed by atoms with Crippen LogP contribution in [0.4, 0.5) is 0 Å². The van der Waals surface area contributed by atoms with Crippen molar-refractivity contribution in [2.24, 2.45) is 0 Å². The normalized spacial score (nSPS) is 13.2. The molecule has 0 aliphatic carbocycles. The molecule has 0 unspecified atom stereocenters. The minimum absolute atomic E-state index is 0.647. The summed E-state index contributed by atoms with van der Waals surface area (Å²) in [6, 6.07) is 0. The van der Waals surface area contributed by atoms with E-state index in [9.17, 15) is 0 Å². The second kappa shape index (κ2) is 7.83. The molecule has 13 heavy (non-hydrogen) atoms. The molecule has 0 aliphatic rings. The van der Waals surface area contributed by atoms with E-state index in [1.807, 2.05) is 26.1 Å². The highest BCUT2D eigenvalue weighted by Crippen LogP contribution is 1.98. The predicted molar refractivity (Wildman–Crippen MR) is 54.7 cm³/mol. The number of methoxy groups -OCH3 is 2. The van der Waals surface area contributed by atoms with Crippen LogP contribution in [-0.4, -0.2) is 34.4 Å². The molecule has 0 saturated carbocycles. The maximum absolute atomic E-state index is 5.04. The maximum Gasteiger partial charge on any atom is 0.0924 e. The third-order valence-electron chi connectivity index (χ3n) is 1.61. The van der Waals surface area contributed by atoms with Crippen LogP contribution in [0.1, 0.15) is 6.92 Å². The van der Waals surface area contributed by atoms with Crippen LogP contribution in [0, 0.1) is 0 Å². The Bertz CT molecular complexity index is 177. The average molecular weight is 185 g/mol. The van der Waals surface area contributed by atoms with Gasteiger partial charge in [0.2, 0.25) is 0 Å². The van der Waals surface area contributed by atoms with Crippen LogP contribution in [0.3, 0.4) is 0 Å². The number of rotatable bonds is 6. The summed E-state index contributed by atoms with van der Waals surface area (Å²) in [4.78, 5) is 0. The fraction of sp³-hybridized carbons (Fsp3) is 0.600. The van der Waals surface area contributed by atoms with E-state index in [1.54, 1.807) is 14.2 Å². The third kappa shape index (κ3) is 6.37. The lowest BCUT2D eigenvalue weighted by Gasteiger charge is -2.04. The smallest absolute Gasteiger partial charge is 0.0924 e. The van der Waals surface area contributed by atoms with E-state index >= 15 is 0 Å². The number of hydrogen-bond donors (Lipinski definition) is 1. The molecule has 0 radical (unpaired) electrons. The van der Waals surface area contributed by atoms with Gasteiger partial charge in [0, 0.05) is 13.7 Å². The highest BCUT2D eigenvalue weighted by atomic mass is 16.5. The second-order valence-corrected chi connectivity index (χ2v) is 2.77. The molecular formula is C10H19NO2. The molecule has 0 heterocycles. The Morgan fingerprint density at radius 2 is 2.00 bits per heavy atom. The first kappa shape index (κ1) is 12.2. The van der Waals surface area contributed by atoms with E-state index in [1.165, 1.54) is 5.57 Å². The number of likely N-dealkylation sites (N-methyl/N-ethyl adjacent to an activating group) is 1. The van der Waals surface area contributed by atoms with E-state index in [0.717, 1.165) is 12.3 Å². The van der Waals surface area contributed by atoms with Gasteiger partial charge in [-0.25, -0.2) is 0 Å². The molecule has 0 saturated heterocycles. The van der Waals surface area contributed by atoms with Crippen LogP contribution in [0.5, 0.6) is 0 Å². The number of hydrogen-bond acceptors (Lipinski definition) is 3. The molecule has 0 fully saturated rings. The van der Waals surface area contributed by atoms with Gasteiger partial charge in [-0.05, 0) is 25.6 Å². The van der Waals surface area contributed by atoms with Crippen molar-refractivity contribution in [2.75, 3.05) is 34.4 Å². The Morgan fingerprint density at radius 3 is 2.46 bits per heavy atom. The Labute approximate surface area is 80.4 Å². The zero-order valence-corrected chi connectivity index (χ0v) is 8.89. The lowest BCUT2D eigenvalue weighted by atomic mass is 10.2. The van der Waals surface area contributed by atoms with Crippen LogP contribution in [0.25, 0.3) is 0 Å². The van der Waals surface area contributed by atoms with Crippen LogP contribution in [0.15, 0.2) is 23.5 Å². The molecule has 0 atom stereocenters. The van der Waals surface area contributed by atoms with E-state index < -0.39 is 0 Å². The Kier molecular flexibility index (Phi) is 7.35. The second-order valence-electron chi connectivity index (χ2n) is 2.77. The molecular weight excluding hydrogens is 166 g/mol. The highest BCUT2D eigenvalue weighted by molar-refractivity contribution is 5.15. The monoisotopic (exact) mass is 185 g/mol. The molecule has 3 heteroatoms. The van der Waals surface area contributed by atoms with Crippen molar-refractivity contribution in [3.63, 3.8) is 0 Å². The summed E-state index contributed by atoms with van der Waals surface area (Å²) < 4.78 is 10.1. The van der Waals surface area contributed by atoms with Gasteiger partial charge >= 0.3 is 0 Å². The van der Waals surface area contributed by atoms with Crippen molar-refractivity contribution in [2.45, 2.75) is 6.92 Å². The molecule has 0 aliphatic heterocycles. The fourth-order valence-electron chi connectivity index (χ4n) is 0.874. The van der Waals surface area contributed by atoms with Crippen LogP contribution in [-0.2, 0) is 9.47 Å². The predicted octanol–water partition coefficient (Wildman–Crippen LogP) is 1.33. The highest BCUT2D eigenvalue weighted by Gasteiger charge is 1.93. The van der Waals surface area contributed by atoms with Gasteiger partial charge in [-0.1, -0.05) is 6.08 Å². The van der Waals surface area contributed by atoms with Crippen molar-refractivity contribution in [1.29, 1.82) is 0 Å². The van der Waals surface area contributed by atoms with Gasteiger partial charge in [-0.2, -0.15) is 0 Å². The minimum atomic E-state index is 0.647. The first-order chi connectivity index (χ1) is 6.24. The number of allylic oxidation sites excluding steroid dienone is 3. The van der Waals surface area contributed by atoms with E-state index in [4.69, 9.17) is 9.47 Å². The Morgan fingerprint density at radius 1 is 1.31 bits per heavy atom. The largest absolute Gasteiger partial charge is 0.501 e. The van der Waals surface area contributed by atoms with Gasteiger partial charge in [0.1, 0.15) is 0 Å². The third-order valence-corrected chi connectivity index (χ3v) is 1.61. The Hall–Kier alpha value is -0.800. The van der Waals surface area contributed by atoms with Crippen LogP contribution < -0.4 is 5.32 Å². The molecule has 0 bridgehead atoms. The lowest BCUT2D eigenvalue weighted by molar-refractivity contribution is 0.224. The van der Waals surface area contributed by atoms with Crippen molar-refractivity contribution in [1.82, 2.24) is 5.32 Å². The summed E-state index contributed by atoms with van der Waals surface area (Å²) in [7, 11) is 5.26. The summed E-state index contributed by atoms with van der Waals surface area (Å²) in [5, 5.41) is 3.08. The standard InChI is InChI=1S/C10H19NO2/c1-9(13-4)5-6-10(7-11-2)8-12-3/h5-6,11H,7-8H2,1-4H3/b9-5+,10-6-. The zero-order valence-electron chi connectivity index (χ0n) is 8.89. The molecule has 0 aromatic rings. The number of nitrogens with one attached hydrogen (secondary N) is 1. The first-order valence-corrected chi connectivity index (χ1v) is 4.28. The number of ether oxygens (including phenoxy) is 2. The van der Waals surface area contributed by atoms with E-state index in [2.05, 4.69) is 5.32 Å². The Balaban J connectivity index is 4.16. The zero-order chi connectivity index (χ0) is 10.1. The summed E-state index contributed by atoms with van der Waals surface area (Å²) in [5.74, 6) is 0.893. The minimum Gasteiger partial charge on any atom is -0.501 e. The van der Waals surface area contributed by atoms with Crippen molar-refractivity contribution >= 4 is 0 Å². The lowest BCUT2D eigenvalue weighted by Crippen LogP contribution is -2.13. The maximum atomic E-state index is 5.04. The molecule has 0 amide bonds. The summed E-state index contributed by atoms with van der Waals surface area (Å²) in [6.45, 7) is 3.40. The quantitative estimate of drug-likeness (QED) is 0.500. The molecule has 0 spiro atoms. The van der Waals surface area contributed by atoms with Crippen LogP contribution in [0.2, 0.25) is 0 Å². The van der Waals surface area contributed by atoms with Gasteiger partial charge in [0.05, 0.1) is 19.5 Å². The van der Waals surface area contributed by atoms with Crippen LogP contribution >= 0.6 is 0 Å². The summed E-state index contributed by atoms with van der Waals surface area (Å²) >= 11 is 0. The van der Waals surface area contributed by atoms with E-state index in [-0.39, 0.29) is 0 Å². The topological polar surface area (TPSA) is 30.5 Å². The molecule has 1 N–H and O–H groups in total. The van der Waals surface area contributed by atoms with E-state index in [0.29, 0.717) is 6.61 Å². The fourth-order valence-corrected chi connectivity index (χ4v) is 0.874. The van der Waals surface area contributed by atoms with Gasteiger partial charge in [0.25, 0.3) is 0 Å². The SMILES string of the molecule is CNC/C(=C/C=C(\C)OC)COC.